The Bertz CT molecular complexity index is 179. The maximum atomic E-state index is 12.7. The van der Waals surface area contributed by atoms with Crippen LogP contribution in [0.25, 0.3) is 0 Å². The average molecular weight is 178 g/mol. The Morgan fingerprint density at radius 1 is 1.42 bits per heavy atom. The van der Waals surface area contributed by atoms with Gasteiger partial charge >= 0.3 is 0 Å². The SMILES string of the molecule is CC(O)C(C)CC1(C)CC1(F)F. The van der Waals surface area contributed by atoms with Gasteiger partial charge in [0.2, 0.25) is 0 Å². The van der Waals surface area contributed by atoms with E-state index >= 15 is 0 Å². The first kappa shape index (κ1) is 9.90. The van der Waals surface area contributed by atoms with E-state index in [0.29, 0.717) is 6.42 Å². The molecule has 72 valence electrons. The van der Waals surface area contributed by atoms with E-state index in [1.807, 2.05) is 6.92 Å². The van der Waals surface area contributed by atoms with E-state index in [1.165, 1.54) is 0 Å². The van der Waals surface area contributed by atoms with Crippen LogP contribution in [0.5, 0.6) is 0 Å². The number of aliphatic hydroxyl groups excluding tert-OH is 1. The Balaban J connectivity index is 2.44. The van der Waals surface area contributed by atoms with Crippen LogP contribution in [-0.4, -0.2) is 17.1 Å². The largest absolute Gasteiger partial charge is 0.393 e. The predicted molar refractivity (Wildman–Crippen MR) is 43.1 cm³/mol. The second kappa shape index (κ2) is 2.66. The monoisotopic (exact) mass is 178 g/mol. The lowest BCUT2D eigenvalue weighted by Crippen LogP contribution is -2.19. The van der Waals surface area contributed by atoms with Gasteiger partial charge in [0.05, 0.1) is 6.10 Å². The third kappa shape index (κ3) is 1.60. The van der Waals surface area contributed by atoms with Gasteiger partial charge in [0.15, 0.2) is 0 Å². The zero-order chi connectivity index (χ0) is 9.57. The van der Waals surface area contributed by atoms with Crippen molar-refractivity contribution in [3.05, 3.63) is 0 Å². The molecule has 1 aliphatic rings. The quantitative estimate of drug-likeness (QED) is 0.703. The van der Waals surface area contributed by atoms with Gasteiger partial charge in [0.25, 0.3) is 5.92 Å². The fraction of sp³-hybridized carbons (Fsp3) is 1.00. The van der Waals surface area contributed by atoms with Crippen molar-refractivity contribution in [1.82, 2.24) is 0 Å². The molecule has 0 radical (unpaired) electrons. The van der Waals surface area contributed by atoms with Crippen molar-refractivity contribution in [3.63, 3.8) is 0 Å². The van der Waals surface area contributed by atoms with Gasteiger partial charge in [-0.15, -0.1) is 0 Å². The second-order valence-electron chi connectivity index (χ2n) is 4.36. The van der Waals surface area contributed by atoms with E-state index in [2.05, 4.69) is 0 Å². The van der Waals surface area contributed by atoms with Crippen molar-refractivity contribution in [2.24, 2.45) is 11.3 Å². The standard InChI is InChI=1S/C9H16F2O/c1-6(7(2)12)4-8(3)5-9(8,10)11/h6-7,12H,4-5H2,1-3H3. The molecule has 0 aromatic carbocycles. The summed E-state index contributed by atoms with van der Waals surface area (Å²) in [5, 5.41) is 9.14. The molecule has 0 aliphatic heterocycles. The molecule has 1 fully saturated rings. The lowest BCUT2D eigenvalue weighted by atomic mass is 9.91. The van der Waals surface area contributed by atoms with Gasteiger partial charge in [0, 0.05) is 11.8 Å². The normalized spacial score (nSPS) is 37.5. The molecule has 1 aliphatic carbocycles. The summed E-state index contributed by atoms with van der Waals surface area (Å²) < 4.78 is 25.4. The molecule has 1 saturated carbocycles. The van der Waals surface area contributed by atoms with Crippen LogP contribution in [0.15, 0.2) is 0 Å². The first-order valence-corrected chi connectivity index (χ1v) is 4.34. The molecule has 0 spiro atoms. The van der Waals surface area contributed by atoms with Crippen LogP contribution in [0.1, 0.15) is 33.6 Å². The molecule has 1 N–H and O–H groups in total. The number of alkyl halides is 2. The summed E-state index contributed by atoms with van der Waals surface area (Å²) in [6, 6.07) is 0. The summed E-state index contributed by atoms with van der Waals surface area (Å²) in [5.74, 6) is -2.53. The summed E-state index contributed by atoms with van der Waals surface area (Å²) >= 11 is 0. The molecule has 12 heavy (non-hydrogen) atoms. The lowest BCUT2D eigenvalue weighted by Gasteiger charge is -2.18. The first-order chi connectivity index (χ1) is 5.28. The molecule has 3 unspecified atom stereocenters. The molecule has 0 aromatic rings. The van der Waals surface area contributed by atoms with Crippen LogP contribution in [0, 0.1) is 11.3 Å². The van der Waals surface area contributed by atoms with E-state index in [1.54, 1.807) is 13.8 Å². The van der Waals surface area contributed by atoms with Crippen LogP contribution in [0.4, 0.5) is 8.78 Å². The topological polar surface area (TPSA) is 20.2 Å². The van der Waals surface area contributed by atoms with Crippen LogP contribution in [0.3, 0.4) is 0 Å². The highest BCUT2D eigenvalue weighted by atomic mass is 19.3. The van der Waals surface area contributed by atoms with E-state index in [0.717, 1.165) is 0 Å². The van der Waals surface area contributed by atoms with Crippen molar-refractivity contribution in [2.45, 2.75) is 45.6 Å². The first-order valence-electron chi connectivity index (χ1n) is 4.34. The zero-order valence-electron chi connectivity index (χ0n) is 7.77. The van der Waals surface area contributed by atoms with Crippen molar-refractivity contribution in [1.29, 1.82) is 0 Å². The Hall–Kier alpha value is -0.180. The lowest BCUT2D eigenvalue weighted by molar-refractivity contribution is 0.0456. The van der Waals surface area contributed by atoms with Gasteiger partial charge in [-0.1, -0.05) is 13.8 Å². The highest BCUT2D eigenvalue weighted by Gasteiger charge is 2.67. The molecular weight excluding hydrogens is 162 g/mol. The van der Waals surface area contributed by atoms with Gasteiger partial charge in [-0.3, -0.25) is 0 Å². The second-order valence-corrected chi connectivity index (χ2v) is 4.36. The van der Waals surface area contributed by atoms with Crippen molar-refractivity contribution in [3.8, 4) is 0 Å². The summed E-state index contributed by atoms with van der Waals surface area (Å²) in [5.41, 5.74) is -0.844. The summed E-state index contributed by atoms with van der Waals surface area (Å²) in [4.78, 5) is 0. The molecule has 3 atom stereocenters. The summed E-state index contributed by atoms with van der Waals surface area (Å²) in [7, 11) is 0. The van der Waals surface area contributed by atoms with Gasteiger partial charge in [-0.25, -0.2) is 8.78 Å². The smallest absolute Gasteiger partial charge is 0.254 e. The molecular formula is C9H16F2O. The van der Waals surface area contributed by atoms with Gasteiger partial charge < -0.3 is 5.11 Å². The molecule has 0 heterocycles. The Labute approximate surface area is 71.8 Å². The maximum Gasteiger partial charge on any atom is 0.254 e. The Morgan fingerprint density at radius 2 is 1.83 bits per heavy atom. The number of hydrogen-bond donors (Lipinski definition) is 1. The van der Waals surface area contributed by atoms with Crippen molar-refractivity contribution < 1.29 is 13.9 Å². The van der Waals surface area contributed by atoms with Crippen molar-refractivity contribution >= 4 is 0 Å². The third-order valence-electron chi connectivity index (χ3n) is 2.97. The minimum atomic E-state index is -2.49. The molecule has 0 saturated heterocycles. The van der Waals surface area contributed by atoms with Crippen LogP contribution >= 0.6 is 0 Å². The molecule has 0 aromatic heterocycles. The van der Waals surface area contributed by atoms with E-state index in [9.17, 15) is 8.78 Å². The van der Waals surface area contributed by atoms with Crippen LogP contribution in [-0.2, 0) is 0 Å². The van der Waals surface area contributed by atoms with Gasteiger partial charge in [0.1, 0.15) is 0 Å². The zero-order valence-corrected chi connectivity index (χ0v) is 7.77. The van der Waals surface area contributed by atoms with Crippen LogP contribution in [0.2, 0.25) is 0 Å². The van der Waals surface area contributed by atoms with E-state index in [4.69, 9.17) is 5.11 Å². The van der Waals surface area contributed by atoms with Gasteiger partial charge in [-0.05, 0) is 19.3 Å². The summed E-state index contributed by atoms with van der Waals surface area (Å²) in [6.07, 6.45) is -0.0902. The molecule has 0 bridgehead atoms. The minimum Gasteiger partial charge on any atom is -0.393 e. The predicted octanol–water partition coefficient (Wildman–Crippen LogP) is 2.44. The molecule has 1 nitrogen and oxygen atoms in total. The third-order valence-corrected chi connectivity index (χ3v) is 2.97. The van der Waals surface area contributed by atoms with E-state index < -0.39 is 17.4 Å². The molecule has 1 rings (SSSR count). The molecule has 0 amide bonds. The van der Waals surface area contributed by atoms with E-state index in [-0.39, 0.29) is 12.3 Å². The average Bonchev–Trinajstić information content (AvgIpc) is 2.30. The molecule has 3 heteroatoms. The maximum absolute atomic E-state index is 12.7. The highest BCUT2D eigenvalue weighted by molar-refractivity contribution is 5.07. The number of rotatable bonds is 3. The minimum absolute atomic E-state index is 0.0168. The number of aliphatic hydroxyl groups is 1. The Kier molecular flexibility index (Phi) is 2.19. The van der Waals surface area contributed by atoms with Crippen molar-refractivity contribution in [2.75, 3.05) is 0 Å². The van der Waals surface area contributed by atoms with Crippen LogP contribution < -0.4 is 0 Å². The number of hydrogen-bond acceptors (Lipinski definition) is 1. The number of halogens is 2. The fourth-order valence-corrected chi connectivity index (χ4v) is 1.55. The summed E-state index contributed by atoms with van der Waals surface area (Å²) in [6.45, 7) is 5.05. The highest BCUT2D eigenvalue weighted by Crippen LogP contribution is 2.63. The van der Waals surface area contributed by atoms with Gasteiger partial charge in [-0.2, -0.15) is 0 Å². The Morgan fingerprint density at radius 3 is 2.08 bits per heavy atom. The fourth-order valence-electron chi connectivity index (χ4n) is 1.55.